The van der Waals surface area contributed by atoms with Gasteiger partial charge in [0.2, 0.25) is 0 Å². The van der Waals surface area contributed by atoms with E-state index in [0.29, 0.717) is 0 Å². The molecule has 0 aliphatic carbocycles. The molecular formula is C11H18O. The van der Waals surface area contributed by atoms with Crippen molar-refractivity contribution in [1.82, 2.24) is 0 Å². The Labute approximate surface area is 75.4 Å². The van der Waals surface area contributed by atoms with Crippen molar-refractivity contribution in [2.75, 3.05) is 6.61 Å². The summed E-state index contributed by atoms with van der Waals surface area (Å²) >= 11 is 0. The summed E-state index contributed by atoms with van der Waals surface area (Å²) in [5.41, 5.74) is 2.10. The van der Waals surface area contributed by atoms with Gasteiger partial charge in [-0.25, -0.2) is 0 Å². The Morgan fingerprint density at radius 2 is 2.08 bits per heavy atom. The molecule has 0 unspecified atom stereocenters. The molecule has 0 amide bonds. The van der Waals surface area contributed by atoms with Crippen LogP contribution in [0.2, 0.25) is 0 Å². The Morgan fingerprint density at radius 3 is 2.42 bits per heavy atom. The Kier molecular flexibility index (Phi) is 5.18. The Bertz CT molecular complexity index is 199. The summed E-state index contributed by atoms with van der Waals surface area (Å²) in [6, 6.07) is 0. The normalized spacial score (nSPS) is 18.2. The average Bonchev–Trinajstić information content (AvgIpc) is 2.40. The highest BCUT2D eigenvalue weighted by atomic mass is 16.5. The third-order valence-electron chi connectivity index (χ3n) is 1.39. The molecule has 0 bridgehead atoms. The zero-order chi connectivity index (χ0) is 9.56. The second-order valence-electron chi connectivity index (χ2n) is 2.56. The molecule has 0 saturated carbocycles. The minimum absolute atomic E-state index is 0.776. The summed E-state index contributed by atoms with van der Waals surface area (Å²) in [6.45, 7) is 14.3. The van der Waals surface area contributed by atoms with Gasteiger partial charge in [0, 0.05) is 6.42 Å². The summed E-state index contributed by atoms with van der Waals surface area (Å²) < 4.78 is 5.28. The van der Waals surface area contributed by atoms with E-state index in [1.54, 1.807) is 0 Å². The second-order valence-corrected chi connectivity index (χ2v) is 2.56. The van der Waals surface area contributed by atoms with Crippen LogP contribution >= 0.6 is 0 Å². The lowest BCUT2D eigenvalue weighted by atomic mass is 10.2. The van der Waals surface area contributed by atoms with Gasteiger partial charge in [0.15, 0.2) is 0 Å². The van der Waals surface area contributed by atoms with Gasteiger partial charge in [-0.05, 0) is 18.6 Å². The van der Waals surface area contributed by atoms with Gasteiger partial charge in [0.25, 0.3) is 0 Å². The lowest BCUT2D eigenvalue weighted by Crippen LogP contribution is -1.80. The SMILES string of the molecule is C=C(C)/C=C1/OCCC1=C.CC. The highest BCUT2D eigenvalue weighted by molar-refractivity contribution is 5.31. The molecule has 0 aromatic rings. The number of allylic oxidation sites excluding steroid dienone is 3. The fourth-order valence-electron chi connectivity index (χ4n) is 0.877. The van der Waals surface area contributed by atoms with Crippen LogP contribution in [-0.2, 0) is 4.74 Å². The van der Waals surface area contributed by atoms with Crippen LogP contribution in [-0.4, -0.2) is 6.61 Å². The maximum atomic E-state index is 5.28. The number of hydrogen-bond donors (Lipinski definition) is 0. The van der Waals surface area contributed by atoms with Gasteiger partial charge in [-0.1, -0.05) is 32.6 Å². The molecule has 1 nitrogen and oxygen atoms in total. The van der Waals surface area contributed by atoms with E-state index in [4.69, 9.17) is 4.74 Å². The van der Waals surface area contributed by atoms with E-state index < -0.39 is 0 Å². The highest BCUT2D eigenvalue weighted by Gasteiger charge is 2.11. The molecule has 1 aliphatic heterocycles. The van der Waals surface area contributed by atoms with E-state index in [-0.39, 0.29) is 0 Å². The van der Waals surface area contributed by atoms with Crippen molar-refractivity contribution in [3.05, 3.63) is 36.1 Å². The Balaban J connectivity index is 0.000000561. The van der Waals surface area contributed by atoms with Gasteiger partial charge < -0.3 is 4.74 Å². The second kappa shape index (κ2) is 5.64. The van der Waals surface area contributed by atoms with Crippen molar-refractivity contribution in [2.24, 2.45) is 0 Å². The molecule has 1 saturated heterocycles. The van der Waals surface area contributed by atoms with Gasteiger partial charge in [-0.15, -0.1) is 0 Å². The van der Waals surface area contributed by atoms with Gasteiger partial charge in [-0.2, -0.15) is 0 Å². The summed E-state index contributed by atoms with van der Waals surface area (Å²) in [5.74, 6) is 0.910. The number of rotatable bonds is 1. The van der Waals surface area contributed by atoms with Gasteiger partial charge in [-0.3, -0.25) is 0 Å². The molecule has 12 heavy (non-hydrogen) atoms. The van der Waals surface area contributed by atoms with Crippen molar-refractivity contribution in [2.45, 2.75) is 27.2 Å². The third-order valence-corrected chi connectivity index (χ3v) is 1.39. The zero-order valence-electron chi connectivity index (χ0n) is 8.31. The van der Waals surface area contributed by atoms with Crippen LogP contribution in [0.4, 0.5) is 0 Å². The van der Waals surface area contributed by atoms with E-state index in [1.807, 2.05) is 26.8 Å². The standard InChI is InChI=1S/C9H12O.C2H6/c1-7(2)6-9-8(3)4-5-10-9;1-2/h6H,1,3-5H2,2H3;1-2H3/b9-6+;. The molecule has 1 rings (SSSR count). The van der Waals surface area contributed by atoms with Gasteiger partial charge >= 0.3 is 0 Å². The molecule has 0 aromatic heterocycles. The Morgan fingerprint density at radius 1 is 1.50 bits per heavy atom. The van der Waals surface area contributed by atoms with Crippen molar-refractivity contribution in [3.63, 3.8) is 0 Å². The minimum atomic E-state index is 0.776. The molecule has 0 N–H and O–H groups in total. The van der Waals surface area contributed by atoms with E-state index >= 15 is 0 Å². The van der Waals surface area contributed by atoms with Crippen LogP contribution in [0.1, 0.15) is 27.2 Å². The average molecular weight is 166 g/mol. The smallest absolute Gasteiger partial charge is 0.122 e. The maximum absolute atomic E-state index is 5.28. The van der Waals surface area contributed by atoms with Gasteiger partial charge in [0.1, 0.15) is 5.76 Å². The quantitative estimate of drug-likeness (QED) is 0.579. The molecule has 0 aromatic carbocycles. The first kappa shape index (κ1) is 11.0. The predicted octanol–water partition coefficient (Wildman–Crippen LogP) is 3.45. The molecule has 1 heteroatoms. The van der Waals surface area contributed by atoms with Crippen LogP contribution in [0.5, 0.6) is 0 Å². The molecule has 68 valence electrons. The summed E-state index contributed by atoms with van der Waals surface area (Å²) in [6.07, 6.45) is 2.88. The molecule has 1 aliphatic rings. The minimum Gasteiger partial charge on any atom is -0.493 e. The molecule has 0 radical (unpaired) electrons. The first-order valence-corrected chi connectivity index (χ1v) is 4.38. The lowest BCUT2D eigenvalue weighted by Gasteiger charge is -1.97. The van der Waals surface area contributed by atoms with Crippen LogP contribution in [0.15, 0.2) is 36.1 Å². The molecule has 0 spiro atoms. The van der Waals surface area contributed by atoms with Crippen LogP contribution < -0.4 is 0 Å². The largest absolute Gasteiger partial charge is 0.493 e. The first-order valence-electron chi connectivity index (χ1n) is 4.38. The third kappa shape index (κ3) is 3.42. The Hall–Kier alpha value is -0.980. The molecule has 0 atom stereocenters. The molecule has 1 heterocycles. The number of ether oxygens (including phenoxy) is 1. The van der Waals surface area contributed by atoms with Crippen molar-refractivity contribution in [1.29, 1.82) is 0 Å². The molecular weight excluding hydrogens is 148 g/mol. The highest BCUT2D eigenvalue weighted by Crippen LogP contribution is 2.22. The van der Waals surface area contributed by atoms with Crippen LogP contribution in [0, 0.1) is 0 Å². The van der Waals surface area contributed by atoms with Crippen molar-refractivity contribution >= 4 is 0 Å². The summed E-state index contributed by atoms with van der Waals surface area (Å²) in [7, 11) is 0. The molecule has 1 fully saturated rings. The fraction of sp³-hybridized carbons (Fsp3) is 0.455. The predicted molar refractivity (Wildman–Crippen MR) is 54.0 cm³/mol. The van der Waals surface area contributed by atoms with E-state index in [2.05, 4.69) is 13.2 Å². The monoisotopic (exact) mass is 166 g/mol. The van der Waals surface area contributed by atoms with Crippen molar-refractivity contribution < 1.29 is 4.74 Å². The lowest BCUT2D eigenvalue weighted by molar-refractivity contribution is 0.265. The summed E-state index contributed by atoms with van der Waals surface area (Å²) in [4.78, 5) is 0. The van der Waals surface area contributed by atoms with E-state index in [0.717, 1.165) is 29.9 Å². The topological polar surface area (TPSA) is 9.23 Å². The van der Waals surface area contributed by atoms with Crippen molar-refractivity contribution in [3.8, 4) is 0 Å². The maximum Gasteiger partial charge on any atom is 0.122 e. The van der Waals surface area contributed by atoms with E-state index in [1.165, 1.54) is 0 Å². The van der Waals surface area contributed by atoms with E-state index in [9.17, 15) is 0 Å². The summed E-state index contributed by atoms with van der Waals surface area (Å²) in [5, 5.41) is 0. The number of hydrogen-bond acceptors (Lipinski definition) is 1. The van der Waals surface area contributed by atoms with Crippen LogP contribution in [0.25, 0.3) is 0 Å². The first-order chi connectivity index (χ1) is 5.70. The van der Waals surface area contributed by atoms with Gasteiger partial charge in [0.05, 0.1) is 6.61 Å². The fourth-order valence-corrected chi connectivity index (χ4v) is 0.877. The zero-order valence-corrected chi connectivity index (χ0v) is 8.31. The van der Waals surface area contributed by atoms with Crippen LogP contribution in [0.3, 0.4) is 0 Å².